The standard InChI is InChI=1S/C18H30N2O6/c21-12-15(11-17(23)24)19-18(25)14(9-13-3-1-2-4-13)10-16(22)20-5-7-26-8-6-20/h13-15,21H,1-12H2,(H,19,25)(H,23,24)/t14-,15+/m1/s1. The first-order valence-corrected chi connectivity index (χ1v) is 9.48. The number of carboxylic acids is 1. The van der Waals surface area contributed by atoms with Crippen molar-refractivity contribution in [3.8, 4) is 0 Å². The van der Waals surface area contributed by atoms with E-state index in [4.69, 9.17) is 9.84 Å². The average Bonchev–Trinajstić information content (AvgIpc) is 3.13. The number of morpholine rings is 1. The molecule has 8 nitrogen and oxygen atoms in total. The Kier molecular flexibility index (Phi) is 8.31. The highest BCUT2D eigenvalue weighted by atomic mass is 16.5. The van der Waals surface area contributed by atoms with Crippen LogP contribution >= 0.6 is 0 Å². The number of carbonyl (C=O) groups excluding carboxylic acids is 2. The van der Waals surface area contributed by atoms with E-state index in [1.165, 1.54) is 0 Å². The summed E-state index contributed by atoms with van der Waals surface area (Å²) in [4.78, 5) is 37.8. The zero-order valence-corrected chi connectivity index (χ0v) is 15.2. The number of hydrogen-bond acceptors (Lipinski definition) is 5. The number of nitrogens with zero attached hydrogens (tertiary/aromatic N) is 1. The van der Waals surface area contributed by atoms with Gasteiger partial charge in [0.2, 0.25) is 11.8 Å². The molecule has 3 N–H and O–H groups in total. The monoisotopic (exact) mass is 370 g/mol. The molecule has 0 aromatic carbocycles. The minimum Gasteiger partial charge on any atom is -0.481 e. The van der Waals surface area contributed by atoms with Crippen LogP contribution in [-0.4, -0.2) is 71.8 Å². The van der Waals surface area contributed by atoms with E-state index in [0.29, 0.717) is 38.6 Å². The van der Waals surface area contributed by atoms with Crippen LogP contribution in [0.3, 0.4) is 0 Å². The van der Waals surface area contributed by atoms with Gasteiger partial charge in [0.25, 0.3) is 0 Å². The predicted octanol–water partition coefficient (Wildman–Crippen LogP) is 0.384. The van der Waals surface area contributed by atoms with Gasteiger partial charge in [-0.25, -0.2) is 0 Å². The Hall–Kier alpha value is -1.67. The van der Waals surface area contributed by atoms with E-state index in [1.807, 2.05) is 0 Å². The summed E-state index contributed by atoms with van der Waals surface area (Å²) in [6, 6.07) is -0.829. The fraction of sp³-hybridized carbons (Fsp3) is 0.833. The molecule has 0 radical (unpaired) electrons. The van der Waals surface area contributed by atoms with Gasteiger partial charge in [0.15, 0.2) is 0 Å². The van der Waals surface area contributed by atoms with Gasteiger partial charge in [0.1, 0.15) is 0 Å². The van der Waals surface area contributed by atoms with E-state index in [0.717, 1.165) is 25.7 Å². The van der Waals surface area contributed by atoms with Crippen LogP contribution < -0.4 is 5.32 Å². The highest BCUT2D eigenvalue weighted by Gasteiger charge is 2.30. The van der Waals surface area contributed by atoms with Gasteiger partial charge in [-0.2, -0.15) is 0 Å². The van der Waals surface area contributed by atoms with Crippen molar-refractivity contribution >= 4 is 17.8 Å². The first-order chi connectivity index (χ1) is 12.5. The molecule has 26 heavy (non-hydrogen) atoms. The molecule has 8 heteroatoms. The third-order valence-corrected chi connectivity index (χ3v) is 5.24. The Morgan fingerprint density at radius 1 is 1.12 bits per heavy atom. The van der Waals surface area contributed by atoms with Gasteiger partial charge in [-0.1, -0.05) is 25.7 Å². The molecule has 2 rings (SSSR count). The second kappa shape index (κ2) is 10.5. The third kappa shape index (κ3) is 6.57. The quantitative estimate of drug-likeness (QED) is 0.540. The zero-order chi connectivity index (χ0) is 18.9. The normalized spacial score (nSPS) is 20.6. The molecule has 2 atom stereocenters. The molecule has 2 fully saturated rings. The molecule has 1 aliphatic heterocycles. The Morgan fingerprint density at radius 2 is 1.77 bits per heavy atom. The zero-order valence-electron chi connectivity index (χ0n) is 15.2. The maximum atomic E-state index is 12.7. The minimum atomic E-state index is -1.08. The Balaban J connectivity index is 1.97. The summed E-state index contributed by atoms with van der Waals surface area (Å²) < 4.78 is 5.26. The Morgan fingerprint density at radius 3 is 2.35 bits per heavy atom. The van der Waals surface area contributed by atoms with Crippen molar-refractivity contribution in [1.29, 1.82) is 0 Å². The van der Waals surface area contributed by atoms with E-state index >= 15 is 0 Å². The molecule has 1 heterocycles. The van der Waals surface area contributed by atoms with Crippen molar-refractivity contribution in [2.75, 3.05) is 32.9 Å². The van der Waals surface area contributed by atoms with Crippen molar-refractivity contribution in [3.63, 3.8) is 0 Å². The summed E-state index contributed by atoms with van der Waals surface area (Å²) in [5.41, 5.74) is 0. The van der Waals surface area contributed by atoms with Gasteiger partial charge in [0.05, 0.1) is 32.3 Å². The smallest absolute Gasteiger partial charge is 0.305 e. The Labute approximate surface area is 153 Å². The van der Waals surface area contributed by atoms with Gasteiger partial charge >= 0.3 is 5.97 Å². The van der Waals surface area contributed by atoms with Crippen molar-refractivity contribution < 1.29 is 29.3 Å². The van der Waals surface area contributed by atoms with E-state index in [1.54, 1.807) is 4.90 Å². The molecule has 0 aromatic rings. The lowest BCUT2D eigenvalue weighted by molar-refractivity contribution is -0.141. The maximum absolute atomic E-state index is 12.7. The number of aliphatic carboxylic acids is 1. The molecule has 1 saturated heterocycles. The van der Waals surface area contributed by atoms with Crippen molar-refractivity contribution in [2.24, 2.45) is 11.8 Å². The molecule has 0 bridgehead atoms. The van der Waals surface area contributed by atoms with Gasteiger partial charge in [-0.3, -0.25) is 14.4 Å². The van der Waals surface area contributed by atoms with Crippen LogP contribution in [0.15, 0.2) is 0 Å². The number of hydrogen-bond donors (Lipinski definition) is 3. The molecule has 2 aliphatic rings. The maximum Gasteiger partial charge on any atom is 0.305 e. The minimum absolute atomic E-state index is 0.0646. The summed E-state index contributed by atoms with van der Waals surface area (Å²) >= 11 is 0. The van der Waals surface area contributed by atoms with Crippen LogP contribution in [0.4, 0.5) is 0 Å². The SMILES string of the molecule is O=C(O)C[C@@H](CO)NC(=O)[C@@H](CC(=O)N1CCOCC1)CC1CCCC1. The summed E-state index contributed by atoms with van der Waals surface area (Å²) in [5.74, 6) is -1.54. The highest BCUT2D eigenvalue weighted by Crippen LogP contribution is 2.31. The number of carboxylic acid groups (broad SMARTS) is 1. The van der Waals surface area contributed by atoms with Crippen molar-refractivity contribution in [3.05, 3.63) is 0 Å². The van der Waals surface area contributed by atoms with E-state index in [9.17, 15) is 19.5 Å². The lowest BCUT2D eigenvalue weighted by atomic mass is 9.89. The number of nitrogens with one attached hydrogen (secondary N) is 1. The van der Waals surface area contributed by atoms with Crippen LogP contribution in [0.2, 0.25) is 0 Å². The predicted molar refractivity (Wildman–Crippen MR) is 93.4 cm³/mol. The summed E-state index contributed by atoms with van der Waals surface area (Å²) in [5, 5.41) is 20.8. The van der Waals surface area contributed by atoms with Crippen LogP contribution in [-0.2, 0) is 19.1 Å². The van der Waals surface area contributed by atoms with E-state index in [2.05, 4.69) is 5.32 Å². The van der Waals surface area contributed by atoms with Crippen LogP contribution in [0.1, 0.15) is 44.9 Å². The molecular formula is C18H30N2O6. The van der Waals surface area contributed by atoms with Crippen LogP contribution in [0.5, 0.6) is 0 Å². The third-order valence-electron chi connectivity index (χ3n) is 5.24. The summed E-state index contributed by atoms with van der Waals surface area (Å²) in [6.07, 6.45) is 4.84. The van der Waals surface area contributed by atoms with E-state index in [-0.39, 0.29) is 24.7 Å². The lowest BCUT2D eigenvalue weighted by Crippen LogP contribution is -2.45. The second-order valence-electron chi connectivity index (χ2n) is 7.27. The van der Waals surface area contributed by atoms with Gasteiger partial charge in [-0.05, 0) is 12.3 Å². The molecule has 1 saturated carbocycles. The lowest BCUT2D eigenvalue weighted by Gasteiger charge is -2.29. The fourth-order valence-corrected chi connectivity index (χ4v) is 3.78. The fourth-order valence-electron chi connectivity index (χ4n) is 3.78. The molecular weight excluding hydrogens is 340 g/mol. The molecule has 0 unspecified atom stereocenters. The molecule has 0 spiro atoms. The molecule has 0 aromatic heterocycles. The summed E-state index contributed by atoms with van der Waals surface area (Å²) in [7, 11) is 0. The average molecular weight is 370 g/mol. The van der Waals surface area contributed by atoms with Gasteiger partial charge in [-0.15, -0.1) is 0 Å². The number of ether oxygens (including phenoxy) is 1. The number of amides is 2. The first kappa shape index (κ1) is 20.6. The van der Waals surface area contributed by atoms with Crippen LogP contribution in [0.25, 0.3) is 0 Å². The van der Waals surface area contributed by atoms with Crippen molar-refractivity contribution in [1.82, 2.24) is 10.2 Å². The number of carbonyl (C=O) groups is 3. The largest absolute Gasteiger partial charge is 0.481 e. The molecule has 1 aliphatic carbocycles. The van der Waals surface area contributed by atoms with Crippen LogP contribution in [0, 0.1) is 11.8 Å². The topological polar surface area (TPSA) is 116 Å². The van der Waals surface area contributed by atoms with Crippen molar-refractivity contribution in [2.45, 2.75) is 51.0 Å². The number of aliphatic hydroxyl groups excluding tert-OH is 1. The number of rotatable bonds is 9. The Bertz CT molecular complexity index is 486. The molecule has 2 amide bonds. The van der Waals surface area contributed by atoms with Gasteiger partial charge < -0.3 is 25.2 Å². The second-order valence-corrected chi connectivity index (χ2v) is 7.27. The highest BCUT2D eigenvalue weighted by molar-refractivity contribution is 5.86. The van der Waals surface area contributed by atoms with E-state index < -0.39 is 24.5 Å². The number of aliphatic hydroxyl groups is 1. The molecule has 148 valence electrons. The first-order valence-electron chi connectivity index (χ1n) is 9.48. The summed E-state index contributed by atoms with van der Waals surface area (Å²) in [6.45, 7) is 1.65. The van der Waals surface area contributed by atoms with Gasteiger partial charge in [0, 0.05) is 25.4 Å².